The standard InChI is InChI=1S/C14H11ClO2S/c1-17-12-3-2-4-13(9-12)18-14(16)10-5-7-11(15)8-6-10/h2-9H,1H3. The molecule has 0 radical (unpaired) electrons. The molecule has 2 aromatic rings. The van der Waals surface area contributed by atoms with Gasteiger partial charge in [0.25, 0.3) is 0 Å². The molecule has 0 unspecified atom stereocenters. The topological polar surface area (TPSA) is 26.3 Å². The van der Waals surface area contributed by atoms with Crippen molar-refractivity contribution in [1.82, 2.24) is 0 Å². The fourth-order valence-corrected chi connectivity index (χ4v) is 2.33. The van der Waals surface area contributed by atoms with Gasteiger partial charge in [-0.2, -0.15) is 0 Å². The van der Waals surface area contributed by atoms with E-state index in [0.717, 1.165) is 10.6 Å². The van der Waals surface area contributed by atoms with Gasteiger partial charge in [0.2, 0.25) is 5.12 Å². The Morgan fingerprint density at radius 3 is 2.56 bits per heavy atom. The SMILES string of the molecule is COc1cccc(SC(=O)c2ccc(Cl)cc2)c1. The van der Waals surface area contributed by atoms with Gasteiger partial charge in [0, 0.05) is 15.5 Å². The van der Waals surface area contributed by atoms with Crippen LogP contribution in [0.15, 0.2) is 53.4 Å². The number of carbonyl (C=O) groups is 1. The van der Waals surface area contributed by atoms with Crippen LogP contribution in [0.3, 0.4) is 0 Å². The molecule has 0 aromatic heterocycles. The lowest BCUT2D eigenvalue weighted by atomic mass is 10.2. The first-order chi connectivity index (χ1) is 8.69. The number of hydrogen-bond acceptors (Lipinski definition) is 3. The monoisotopic (exact) mass is 278 g/mol. The Labute approximate surface area is 115 Å². The maximum absolute atomic E-state index is 12.0. The Balaban J connectivity index is 2.13. The largest absolute Gasteiger partial charge is 0.497 e. The van der Waals surface area contributed by atoms with E-state index in [4.69, 9.17) is 16.3 Å². The van der Waals surface area contributed by atoms with Gasteiger partial charge in [0.1, 0.15) is 5.75 Å². The molecule has 2 nitrogen and oxygen atoms in total. The van der Waals surface area contributed by atoms with E-state index in [1.165, 1.54) is 11.8 Å². The number of methoxy groups -OCH3 is 1. The third-order valence-electron chi connectivity index (χ3n) is 2.33. The van der Waals surface area contributed by atoms with Crippen LogP contribution < -0.4 is 4.74 Å². The molecule has 0 spiro atoms. The number of ether oxygens (including phenoxy) is 1. The number of carbonyl (C=O) groups excluding carboxylic acids is 1. The molecule has 2 aromatic carbocycles. The predicted octanol–water partition coefficient (Wildman–Crippen LogP) is 4.28. The molecule has 0 bridgehead atoms. The lowest BCUT2D eigenvalue weighted by Crippen LogP contribution is -1.92. The zero-order valence-electron chi connectivity index (χ0n) is 9.72. The van der Waals surface area contributed by atoms with Gasteiger partial charge in [-0.05, 0) is 54.2 Å². The first-order valence-electron chi connectivity index (χ1n) is 5.31. The molecular weight excluding hydrogens is 268 g/mol. The van der Waals surface area contributed by atoms with Gasteiger partial charge >= 0.3 is 0 Å². The average Bonchev–Trinajstić information content (AvgIpc) is 2.39. The first-order valence-corrected chi connectivity index (χ1v) is 6.50. The maximum Gasteiger partial charge on any atom is 0.224 e. The van der Waals surface area contributed by atoms with E-state index in [9.17, 15) is 4.79 Å². The van der Waals surface area contributed by atoms with Gasteiger partial charge in [-0.3, -0.25) is 4.79 Å². The highest BCUT2D eigenvalue weighted by molar-refractivity contribution is 8.14. The van der Waals surface area contributed by atoms with E-state index in [0.29, 0.717) is 10.6 Å². The van der Waals surface area contributed by atoms with Crippen molar-refractivity contribution >= 4 is 28.5 Å². The molecule has 0 atom stereocenters. The van der Waals surface area contributed by atoms with Gasteiger partial charge in [-0.25, -0.2) is 0 Å². The minimum Gasteiger partial charge on any atom is -0.497 e. The Kier molecular flexibility index (Phi) is 4.28. The Morgan fingerprint density at radius 1 is 1.17 bits per heavy atom. The average molecular weight is 279 g/mol. The molecule has 0 amide bonds. The second kappa shape index (κ2) is 5.94. The first kappa shape index (κ1) is 13.0. The van der Waals surface area contributed by atoms with Gasteiger partial charge in [-0.15, -0.1) is 0 Å². The fourth-order valence-electron chi connectivity index (χ4n) is 1.42. The summed E-state index contributed by atoms with van der Waals surface area (Å²) in [5.74, 6) is 0.740. The molecule has 0 fully saturated rings. The highest BCUT2D eigenvalue weighted by atomic mass is 35.5. The molecule has 0 aliphatic carbocycles. The van der Waals surface area contributed by atoms with Crippen molar-refractivity contribution in [3.63, 3.8) is 0 Å². The number of benzene rings is 2. The van der Waals surface area contributed by atoms with Crippen LogP contribution in [0.2, 0.25) is 5.02 Å². The Morgan fingerprint density at radius 2 is 1.89 bits per heavy atom. The molecule has 0 aliphatic rings. The highest BCUT2D eigenvalue weighted by Crippen LogP contribution is 2.26. The van der Waals surface area contributed by atoms with Gasteiger partial charge < -0.3 is 4.74 Å². The summed E-state index contributed by atoms with van der Waals surface area (Å²) in [6.07, 6.45) is 0. The maximum atomic E-state index is 12.0. The van der Waals surface area contributed by atoms with Crippen molar-refractivity contribution in [3.05, 3.63) is 59.1 Å². The predicted molar refractivity (Wildman–Crippen MR) is 74.6 cm³/mol. The van der Waals surface area contributed by atoms with Crippen molar-refractivity contribution in [2.75, 3.05) is 7.11 Å². The lowest BCUT2D eigenvalue weighted by molar-refractivity contribution is 0.108. The molecule has 0 saturated carbocycles. The molecule has 4 heteroatoms. The van der Waals surface area contributed by atoms with Crippen LogP contribution in [0.4, 0.5) is 0 Å². The number of thioether (sulfide) groups is 1. The summed E-state index contributed by atoms with van der Waals surface area (Å²) in [6, 6.07) is 14.3. The molecular formula is C14H11ClO2S. The van der Waals surface area contributed by atoms with Crippen LogP contribution in [0.5, 0.6) is 5.75 Å². The van der Waals surface area contributed by atoms with E-state index in [1.54, 1.807) is 31.4 Å². The smallest absolute Gasteiger partial charge is 0.224 e. The summed E-state index contributed by atoms with van der Waals surface area (Å²) in [6.45, 7) is 0. The molecule has 0 saturated heterocycles. The van der Waals surface area contributed by atoms with E-state index in [1.807, 2.05) is 24.3 Å². The fraction of sp³-hybridized carbons (Fsp3) is 0.0714. The van der Waals surface area contributed by atoms with Crippen molar-refractivity contribution in [3.8, 4) is 5.75 Å². The van der Waals surface area contributed by atoms with Crippen molar-refractivity contribution in [1.29, 1.82) is 0 Å². The summed E-state index contributed by atoms with van der Waals surface area (Å²) in [5.41, 5.74) is 0.632. The van der Waals surface area contributed by atoms with E-state index >= 15 is 0 Å². The minimum absolute atomic E-state index is 0.0140. The van der Waals surface area contributed by atoms with Crippen LogP contribution in [0.1, 0.15) is 10.4 Å². The molecule has 92 valence electrons. The molecule has 18 heavy (non-hydrogen) atoms. The van der Waals surface area contributed by atoms with Gasteiger partial charge in [-0.1, -0.05) is 17.7 Å². The van der Waals surface area contributed by atoms with E-state index < -0.39 is 0 Å². The molecule has 0 N–H and O–H groups in total. The summed E-state index contributed by atoms with van der Waals surface area (Å²) in [5, 5.41) is 0.609. The molecule has 2 rings (SSSR count). The zero-order valence-corrected chi connectivity index (χ0v) is 11.3. The summed E-state index contributed by atoms with van der Waals surface area (Å²) < 4.78 is 5.12. The lowest BCUT2D eigenvalue weighted by Gasteiger charge is -2.03. The van der Waals surface area contributed by atoms with Crippen molar-refractivity contribution in [2.24, 2.45) is 0 Å². The van der Waals surface area contributed by atoms with E-state index in [-0.39, 0.29) is 5.12 Å². The van der Waals surface area contributed by atoms with Crippen LogP contribution in [0, 0.1) is 0 Å². The van der Waals surface area contributed by atoms with Crippen LogP contribution >= 0.6 is 23.4 Å². The van der Waals surface area contributed by atoms with Crippen LogP contribution in [-0.4, -0.2) is 12.2 Å². The van der Waals surface area contributed by atoms with Gasteiger partial charge in [0.15, 0.2) is 0 Å². The quantitative estimate of drug-likeness (QED) is 0.784. The van der Waals surface area contributed by atoms with Gasteiger partial charge in [0.05, 0.1) is 7.11 Å². The van der Waals surface area contributed by atoms with E-state index in [2.05, 4.69) is 0 Å². The van der Waals surface area contributed by atoms with Crippen molar-refractivity contribution < 1.29 is 9.53 Å². The summed E-state index contributed by atoms with van der Waals surface area (Å²) in [7, 11) is 1.60. The highest BCUT2D eigenvalue weighted by Gasteiger charge is 2.08. The number of rotatable bonds is 3. The van der Waals surface area contributed by atoms with Crippen molar-refractivity contribution in [2.45, 2.75) is 4.90 Å². The summed E-state index contributed by atoms with van der Waals surface area (Å²) in [4.78, 5) is 12.9. The Hall–Kier alpha value is -1.45. The summed E-state index contributed by atoms with van der Waals surface area (Å²) >= 11 is 6.95. The van der Waals surface area contributed by atoms with Crippen LogP contribution in [-0.2, 0) is 0 Å². The molecule has 0 aliphatic heterocycles. The third kappa shape index (κ3) is 3.28. The number of hydrogen-bond donors (Lipinski definition) is 0. The second-order valence-corrected chi connectivity index (χ2v) is 5.06. The second-order valence-electron chi connectivity index (χ2n) is 3.58. The third-order valence-corrected chi connectivity index (χ3v) is 3.49. The van der Waals surface area contributed by atoms with Crippen LogP contribution in [0.25, 0.3) is 0 Å². The number of halogens is 1. The Bertz CT molecular complexity index is 552. The molecule has 0 heterocycles. The minimum atomic E-state index is -0.0140. The zero-order chi connectivity index (χ0) is 13.0. The normalized spacial score (nSPS) is 10.1.